The minimum absolute atomic E-state index is 0.00162. The Morgan fingerprint density at radius 2 is 1.91 bits per heavy atom. The van der Waals surface area contributed by atoms with E-state index in [9.17, 15) is 9.59 Å². The van der Waals surface area contributed by atoms with E-state index in [1.807, 2.05) is 32.0 Å². The SMILES string of the molecule is COCCOC(=O)CCC(=O)NC(=S)Nc1cc(C)ccc1C. The summed E-state index contributed by atoms with van der Waals surface area (Å²) in [7, 11) is 1.52. The highest BCUT2D eigenvalue weighted by Gasteiger charge is 2.10. The van der Waals surface area contributed by atoms with Gasteiger partial charge >= 0.3 is 5.97 Å². The molecule has 0 radical (unpaired) electrons. The summed E-state index contributed by atoms with van der Waals surface area (Å²) in [6, 6.07) is 5.91. The number of rotatable bonds is 7. The van der Waals surface area contributed by atoms with Crippen LogP contribution in [0.15, 0.2) is 18.2 Å². The molecule has 0 aliphatic carbocycles. The standard InChI is InChI=1S/C16H22N2O4S/c1-11-4-5-12(2)13(10-11)17-16(23)18-14(19)6-7-15(20)22-9-8-21-3/h4-5,10H,6-9H2,1-3H3,(H2,17,18,19,23). The van der Waals surface area contributed by atoms with E-state index in [0.717, 1.165) is 16.8 Å². The highest BCUT2D eigenvalue weighted by molar-refractivity contribution is 7.80. The van der Waals surface area contributed by atoms with Crippen LogP contribution in [-0.2, 0) is 19.1 Å². The maximum Gasteiger partial charge on any atom is 0.306 e. The number of benzene rings is 1. The van der Waals surface area contributed by atoms with E-state index < -0.39 is 5.97 Å². The van der Waals surface area contributed by atoms with Crippen molar-refractivity contribution in [2.24, 2.45) is 0 Å². The molecule has 0 aliphatic rings. The Balaban J connectivity index is 2.35. The maximum absolute atomic E-state index is 11.8. The Bertz CT molecular complexity index is 575. The van der Waals surface area contributed by atoms with Gasteiger partial charge < -0.3 is 20.1 Å². The van der Waals surface area contributed by atoms with Crippen molar-refractivity contribution in [1.82, 2.24) is 5.32 Å². The van der Waals surface area contributed by atoms with E-state index in [1.54, 1.807) is 0 Å². The maximum atomic E-state index is 11.8. The van der Waals surface area contributed by atoms with Gasteiger partial charge in [-0.3, -0.25) is 9.59 Å². The van der Waals surface area contributed by atoms with Gasteiger partial charge in [0.2, 0.25) is 5.91 Å². The molecule has 1 aromatic rings. The summed E-state index contributed by atoms with van der Waals surface area (Å²) < 4.78 is 9.63. The molecule has 1 aromatic carbocycles. The molecule has 0 saturated heterocycles. The molecule has 1 amide bonds. The minimum Gasteiger partial charge on any atom is -0.463 e. The van der Waals surface area contributed by atoms with Gasteiger partial charge in [-0.25, -0.2) is 0 Å². The summed E-state index contributed by atoms with van der Waals surface area (Å²) in [5, 5.41) is 5.73. The third kappa shape index (κ3) is 7.71. The number of methoxy groups -OCH3 is 1. The molecule has 126 valence electrons. The zero-order valence-corrected chi connectivity index (χ0v) is 14.4. The van der Waals surface area contributed by atoms with Crippen LogP contribution in [0.3, 0.4) is 0 Å². The van der Waals surface area contributed by atoms with Crippen LogP contribution >= 0.6 is 12.2 Å². The lowest BCUT2D eigenvalue weighted by molar-refractivity contribution is -0.146. The van der Waals surface area contributed by atoms with E-state index in [4.69, 9.17) is 21.7 Å². The molecular weight excluding hydrogens is 316 g/mol. The van der Waals surface area contributed by atoms with Gasteiger partial charge in [0.05, 0.1) is 13.0 Å². The molecule has 0 aromatic heterocycles. The number of esters is 1. The first-order valence-corrected chi connectivity index (χ1v) is 7.66. The summed E-state index contributed by atoms with van der Waals surface area (Å²) >= 11 is 5.10. The van der Waals surface area contributed by atoms with E-state index in [1.165, 1.54) is 7.11 Å². The zero-order valence-electron chi connectivity index (χ0n) is 13.6. The van der Waals surface area contributed by atoms with Gasteiger partial charge in [0.25, 0.3) is 0 Å². The van der Waals surface area contributed by atoms with Crippen LogP contribution in [0.4, 0.5) is 5.69 Å². The zero-order chi connectivity index (χ0) is 17.2. The van der Waals surface area contributed by atoms with Gasteiger partial charge in [0.1, 0.15) is 6.61 Å². The van der Waals surface area contributed by atoms with Gasteiger partial charge in [-0.2, -0.15) is 0 Å². The van der Waals surface area contributed by atoms with Crippen LogP contribution in [0.1, 0.15) is 24.0 Å². The topological polar surface area (TPSA) is 76.7 Å². The first kappa shape index (κ1) is 19.1. The summed E-state index contributed by atoms with van der Waals surface area (Å²) in [4.78, 5) is 23.1. The van der Waals surface area contributed by atoms with Gasteiger partial charge in [-0.15, -0.1) is 0 Å². The predicted molar refractivity (Wildman–Crippen MR) is 92.3 cm³/mol. The lowest BCUT2D eigenvalue weighted by Gasteiger charge is -2.12. The van der Waals surface area contributed by atoms with Crippen molar-refractivity contribution in [3.8, 4) is 0 Å². The number of hydrogen-bond donors (Lipinski definition) is 2. The number of thiocarbonyl (C=S) groups is 1. The molecule has 6 nitrogen and oxygen atoms in total. The number of carbonyl (C=O) groups excluding carboxylic acids is 2. The van der Waals surface area contributed by atoms with Crippen molar-refractivity contribution in [3.63, 3.8) is 0 Å². The van der Waals surface area contributed by atoms with E-state index in [-0.39, 0.29) is 30.5 Å². The van der Waals surface area contributed by atoms with Crippen molar-refractivity contribution < 1.29 is 19.1 Å². The molecule has 0 heterocycles. The molecule has 0 atom stereocenters. The average molecular weight is 338 g/mol. The van der Waals surface area contributed by atoms with Crippen molar-refractivity contribution in [2.45, 2.75) is 26.7 Å². The third-order valence-electron chi connectivity index (χ3n) is 3.00. The second-order valence-electron chi connectivity index (χ2n) is 5.03. The summed E-state index contributed by atoms with van der Waals surface area (Å²) in [5.74, 6) is -0.776. The van der Waals surface area contributed by atoms with Gasteiger partial charge in [-0.1, -0.05) is 12.1 Å². The monoisotopic (exact) mass is 338 g/mol. The highest BCUT2D eigenvalue weighted by atomic mass is 32.1. The van der Waals surface area contributed by atoms with Gasteiger partial charge in [0.15, 0.2) is 5.11 Å². The number of carbonyl (C=O) groups is 2. The van der Waals surface area contributed by atoms with E-state index in [2.05, 4.69) is 10.6 Å². The lowest BCUT2D eigenvalue weighted by Crippen LogP contribution is -2.34. The molecule has 0 fully saturated rings. The van der Waals surface area contributed by atoms with Gasteiger partial charge in [-0.05, 0) is 43.3 Å². The fourth-order valence-electron chi connectivity index (χ4n) is 1.74. The third-order valence-corrected chi connectivity index (χ3v) is 3.21. The number of nitrogens with one attached hydrogen (secondary N) is 2. The van der Waals surface area contributed by atoms with Crippen molar-refractivity contribution in [1.29, 1.82) is 0 Å². The normalized spacial score (nSPS) is 10.0. The van der Waals surface area contributed by atoms with Crippen molar-refractivity contribution in [2.75, 3.05) is 25.6 Å². The minimum atomic E-state index is -0.439. The molecule has 0 saturated carbocycles. The Hall–Kier alpha value is -1.99. The molecule has 7 heteroatoms. The van der Waals surface area contributed by atoms with Crippen LogP contribution < -0.4 is 10.6 Å². The molecule has 0 bridgehead atoms. The summed E-state index contributed by atoms with van der Waals surface area (Å²) in [6.07, 6.45) is 0.0159. The van der Waals surface area contributed by atoms with Crippen LogP contribution in [0.2, 0.25) is 0 Å². The second kappa shape index (κ2) is 9.91. The number of ether oxygens (including phenoxy) is 2. The smallest absolute Gasteiger partial charge is 0.306 e. The first-order valence-electron chi connectivity index (χ1n) is 7.25. The number of aryl methyl sites for hydroxylation is 2. The lowest BCUT2D eigenvalue weighted by atomic mass is 10.1. The summed E-state index contributed by atoms with van der Waals surface area (Å²) in [5.41, 5.74) is 2.95. The molecule has 1 rings (SSSR count). The van der Waals surface area contributed by atoms with Crippen LogP contribution in [0, 0.1) is 13.8 Å². The Labute approximate surface area is 141 Å². The number of hydrogen-bond acceptors (Lipinski definition) is 5. The van der Waals surface area contributed by atoms with Crippen LogP contribution in [-0.4, -0.2) is 37.3 Å². The fraction of sp³-hybridized carbons (Fsp3) is 0.438. The fourth-order valence-corrected chi connectivity index (χ4v) is 1.96. The largest absolute Gasteiger partial charge is 0.463 e. The molecule has 0 aliphatic heterocycles. The average Bonchev–Trinajstić information content (AvgIpc) is 2.49. The molecule has 23 heavy (non-hydrogen) atoms. The van der Waals surface area contributed by atoms with Gasteiger partial charge in [0, 0.05) is 19.2 Å². The molecule has 0 spiro atoms. The van der Waals surface area contributed by atoms with E-state index in [0.29, 0.717) is 6.61 Å². The second-order valence-corrected chi connectivity index (χ2v) is 5.44. The molecular formula is C16H22N2O4S. The Kier molecular flexibility index (Phi) is 8.21. The quantitative estimate of drug-likeness (QED) is 0.450. The van der Waals surface area contributed by atoms with Crippen molar-refractivity contribution >= 4 is 34.9 Å². The van der Waals surface area contributed by atoms with Crippen molar-refractivity contribution in [3.05, 3.63) is 29.3 Å². The first-order chi connectivity index (χ1) is 10.9. The molecule has 2 N–H and O–H groups in total. The number of amides is 1. The Morgan fingerprint density at radius 3 is 2.61 bits per heavy atom. The van der Waals surface area contributed by atoms with E-state index >= 15 is 0 Å². The van der Waals surface area contributed by atoms with Crippen LogP contribution in [0.25, 0.3) is 0 Å². The number of anilines is 1. The van der Waals surface area contributed by atoms with Crippen LogP contribution in [0.5, 0.6) is 0 Å². The molecule has 0 unspecified atom stereocenters. The highest BCUT2D eigenvalue weighted by Crippen LogP contribution is 2.16. The summed E-state index contributed by atoms with van der Waals surface area (Å²) in [6.45, 7) is 4.44. The predicted octanol–water partition coefficient (Wildman–Crippen LogP) is 2.09. The Morgan fingerprint density at radius 1 is 1.17 bits per heavy atom.